The van der Waals surface area contributed by atoms with E-state index < -0.39 is 55.9 Å². The molecule has 0 amide bonds. The fourth-order valence-corrected chi connectivity index (χ4v) is 4.51. The molecule has 2 saturated carbocycles. The summed E-state index contributed by atoms with van der Waals surface area (Å²) in [5.74, 6) is -4.04. The number of hydrogen-bond acceptors (Lipinski definition) is 8. The number of fused-ring (bicyclic) bond motifs is 6. The molecule has 2 N–H and O–H groups in total. The van der Waals surface area contributed by atoms with Crippen molar-refractivity contribution in [1.29, 1.82) is 0 Å². The second kappa shape index (κ2) is 8.42. The Morgan fingerprint density at radius 1 is 1.11 bits per heavy atom. The highest BCUT2D eigenvalue weighted by atomic mass is 16.8. The Morgan fingerprint density at radius 3 is 2.07 bits per heavy atom. The van der Waals surface area contributed by atoms with Crippen LogP contribution in [-0.2, 0) is 4.79 Å². The van der Waals surface area contributed by atoms with Crippen molar-refractivity contribution in [2.24, 2.45) is 23.7 Å². The first-order valence-electron chi connectivity index (χ1n) is 9.03. The Kier molecular flexibility index (Phi) is 6.47. The fourth-order valence-electron chi connectivity index (χ4n) is 4.51. The van der Waals surface area contributed by atoms with E-state index in [1.165, 1.54) is 0 Å². The molecule has 0 aromatic carbocycles. The van der Waals surface area contributed by atoms with Crippen LogP contribution in [0.1, 0.15) is 33.1 Å². The van der Waals surface area contributed by atoms with E-state index in [-0.39, 0.29) is 5.78 Å². The molecule has 11 heteroatoms. The third-order valence-corrected chi connectivity index (χ3v) is 5.52. The smallest absolute Gasteiger partial charge is 0.263 e. The van der Waals surface area contributed by atoms with Crippen molar-refractivity contribution >= 4 is 11.5 Å². The number of hydrogen-bond donors (Lipinski definition) is 2. The summed E-state index contributed by atoms with van der Waals surface area (Å²) in [6.45, 7) is 6.39. The van der Waals surface area contributed by atoms with Crippen LogP contribution < -0.4 is 5.32 Å². The van der Waals surface area contributed by atoms with Crippen LogP contribution in [0.5, 0.6) is 0 Å². The molecule has 27 heavy (non-hydrogen) atoms. The quantitative estimate of drug-likeness (QED) is 0.314. The minimum absolute atomic E-state index is 0.272. The molecule has 5 atom stereocenters. The number of Topliss-reactive ketones (excluding diaryl/α,β-unsaturated/α-hetero) is 1. The lowest BCUT2D eigenvalue weighted by atomic mass is 9.55. The van der Waals surface area contributed by atoms with Gasteiger partial charge in [-0.1, -0.05) is 20.3 Å². The zero-order chi connectivity index (χ0) is 20.3. The van der Waals surface area contributed by atoms with Gasteiger partial charge in [0.2, 0.25) is 6.04 Å². The summed E-state index contributed by atoms with van der Waals surface area (Å²) in [4.78, 5) is 33.1. The average molecular weight is 384 g/mol. The lowest BCUT2D eigenvalue weighted by Gasteiger charge is -2.44. The molecule has 0 saturated heterocycles. The maximum absolute atomic E-state index is 12.4. The van der Waals surface area contributed by atoms with Gasteiger partial charge in [-0.3, -0.25) is 30.2 Å². The van der Waals surface area contributed by atoms with Crippen LogP contribution in [0.25, 0.3) is 0 Å². The van der Waals surface area contributed by atoms with Crippen molar-refractivity contribution < 1.29 is 24.8 Å². The van der Waals surface area contributed by atoms with Crippen LogP contribution >= 0.6 is 0 Å². The third kappa shape index (κ3) is 3.77. The van der Waals surface area contributed by atoms with E-state index in [0.29, 0.717) is 19.3 Å². The van der Waals surface area contributed by atoms with E-state index in [9.17, 15) is 35.4 Å². The molecule has 3 aliphatic carbocycles. The van der Waals surface area contributed by atoms with E-state index in [1.54, 1.807) is 0 Å². The highest BCUT2D eigenvalue weighted by molar-refractivity contribution is 6.01. The minimum atomic E-state index is -1.43. The summed E-state index contributed by atoms with van der Waals surface area (Å²) < 4.78 is 0. The summed E-state index contributed by atoms with van der Waals surface area (Å²) >= 11 is 0. The normalized spacial score (nSPS) is 33.3. The van der Waals surface area contributed by atoms with E-state index >= 15 is 0 Å². The van der Waals surface area contributed by atoms with Crippen LogP contribution in [0.15, 0.2) is 11.8 Å². The Bertz CT molecular complexity index is 684. The zero-order valence-electron chi connectivity index (χ0n) is 15.2. The number of ketones is 1. The van der Waals surface area contributed by atoms with E-state index in [0.717, 1.165) is 19.2 Å². The second-order valence-corrected chi connectivity index (χ2v) is 6.85. The maximum atomic E-state index is 12.4. The molecule has 0 heterocycles. The highest BCUT2D eigenvalue weighted by Crippen LogP contribution is 2.50. The first-order valence-corrected chi connectivity index (χ1v) is 9.03. The molecular weight excluding hydrogens is 360 g/mol. The molecular formula is C16H24N4O7. The zero-order valence-corrected chi connectivity index (χ0v) is 15.2. The highest BCUT2D eigenvalue weighted by Gasteiger charge is 2.66. The third-order valence-electron chi connectivity index (χ3n) is 5.52. The van der Waals surface area contributed by atoms with Gasteiger partial charge in [-0.15, -0.1) is 0 Å². The van der Waals surface area contributed by atoms with Gasteiger partial charge in [-0.25, -0.2) is 0 Å². The first-order chi connectivity index (χ1) is 12.8. The van der Waals surface area contributed by atoms with Crippen molar-refractivity contribution in [2.75, 3.05) is 13.1 Å². The van der Waals surface area contributed by atoms with Crippen molar-refractivity contribution in [3.8, 4) is 0 Å². The summed E-state index contributed by atoms with van der Waals surface area (Å²) in [6, 6.07) is -1.43. The van der Waals surface area contributed by atoms with Gasteiger partial charge >= 0.3 is 0 Å². The van der Waals surface area contributed by atoms with Gasteiger partial charge in [0.15, 0.2) is 0 Å². The average Bonchev–Trinajstić information content (AvgIpc) is 2.60. The lowest BCUT2D eigenvalue weighted by Crippen LogP contribution is -2.61. The summed E-state index contributed by atoms with van der Waals surface area (Å²) in [5, 5.41) is 46.4. The first kappa shape index (κ1) is 20.7. The maximum Gasteiger partial charge on any atom is 0.263 e. The molecule has 0 aromatic rings. The van der Waals surface area contributed by atoms with Crippen molar-refractivity contribution in [3.63, 3.8) is 0 Å². The summed E-state index contributed by atoms with van der Waals surface area (Å²) in [5.41, 5.74) is -1.01. The van der Waals surface area contributed by atoms with Crippen LogP contribution in [0.3, 0.4) is 0 Å². The van der Waals surface area contributed by atoms with Gasteiger partial charge in [0.1, 0.15) is 17.6 Å². The van der Waals surface area contributed by atoms with Gasteiger partial charge in [0.05, 0.1) is 11.0 Å². The largest absolute Gasteiger partial charge is 0.417 e. The SMILES string of the molecule is CCNCC.O=C1C2CCCC1C1/C(=[N+](/[O-])O)C=C([N+](=O)[O-])C2C1[N+](=O)[O-]. The molecule has 11 nitrogen and oxygen atoms in total. The summed E-state index contributed by atoms with van der Waals surface area (Å²) in [6.07, 6.45) is 2.27. The fraction of sp³-hybridized carbons (Fsp3) is 0.750. The Balaban J connectivity index is 0.000000465. The minimum Gasteiger partial charge on any atom is -0.417 e. The van der Waals surface area contributed by atoms with Gasteiger partial charge in [-0.05, 0) is 25.9 Å². The van der Waals surface area contributed by atoms with Crippen LogP contribution in [-0.4, -0.2) is 50.6 Å². The van der Waals surface area contributed by atoms with Gasteiger partial charge in [-0.2, -0.15) is 0 Å². The Morgan fingerprint density at radius 2 is 1.67 bits per heavy atom. The molecule has 4 bridgehead atoms. The lowest BCUT2D eigenvalue weighted by molar-refractivity contribution is -0.728. The van der Waals surface area contributed by atoms with E-state index in [4.69, 9.17) is 0 Å². The van der Waals surface area contributed by atoms with Crippen molar-refractivity contribution in [2.45, 2.75) is 39.2 Å². The van der Waals surface area contributed by atoms with Gasteiger partial charge < -0.3 is 10.5 Å². The van der Waals surface area contributed by atoms with Crippen LogP contribution in [0.2, 0.25) is 0 Å². The molecule has 0 radical (unpaired) electrons. The van der Waals surface area contributed by atoms with Crippen molar-refractivity contribution in [1.82, 2.24) is 5.32 Å². The van der Waals surface area contributed by atoms with Crippen LogP contribution in [0.4, 0.5) is 0 Å². The standard InChI is InChI=1S/C12H13N3O7.C4H11N/c16-12-5-2-1-3-6(12)10-8(14(19)20)4-7(13(17)18)9(5)11(10)15(21)22;1-3-5-4-2/h4-6,9-11H,1-3H2,(H,17,18);5H,3-4H2,1-2H3. The number of carbonyl (C=O) groups excluding carboxylic acids is 1. The molecule has 0 spiro atoms. The predicted octanol–water partition coefficient (Wildman–Crippen LogP) is 0.994. The van der Waals surface area contributed by atoms with Crippen molar-refractivity contribution in [3.05, 3.63) is 37.2 Å². The predicted molar refractivity (Wildman–Crippen MR) is 93.3 cm³/mol. The van der Waals surface area contributed by atoms with E-state index in [2.05, 4.69) is 19.2 Å². The van der Waals surface area contributed by atoms with Crippen LogP contribution in [0, 0.1) is 49.1 Å². The number of nitrogens with zero attached hydrogens (tertiary/aromatic N) is 3. The topological polar surface area (TPSA) is 162 Å². The van der Waals surface area contributed by atoms with E-state index in [1.807, 2.05) is 0 Å². The molecule has 150 valence electrons. The Labute approximate surface area is 155 Å². The number of carbonyl (C=O) groups is 1. The molecule has 3 rings (SSSR count). The van der Waals surface area contributed by atoms with Gasteiger partial charge in [0, 0.05) is 21.7 Å². The molecule has 0 aliphatic heterocycles. The monoisotopic (exact) mass is 384 g/mol. The molecule has 3 aliphatic rings. The number of allylic oxidation sites excluding steroid dienone is 1. The number of nitrogens with one attached hydrogen (secondary N) is 1. The summed E-state index contributed by atoms with van der Waals surface area (Å²) in [7, 11) is 0. The number of rotatable bonds is 4. The second-order valence-electron chi connectivity index (χ2n) is 6.85. The number of nitro groups is 2. The Hall–Kier alpha value is -2.56. The molecule has 0 aromatic heterocycles. The molecule has 5 unspecified atom stereocenters. The molecule has 2 fully saturated rings. The van der Waals surface area contributed by atoms with Gasteiger partial charge in [0.25, 0.3) is 11.4 Å².